The lowest BCUT2D eigenvalue weighted by Gasteiger charge is -2.24. The third-order valence-electron chi connectivity index (χ3n) is 3.34. The molecule has 0 bridgehead atoms. The molecule has 0 fully saturated rings. The van der Waals surface area contributed by atoms with Gasteiger partial charge in [-0.3, -0.25) is 0 Å². The molecule has 1 aromatic rings. The zero-order valence-electron chi connectivity index (χ0n) is 13.1. The fraction of sp³-hybridized carbons (Fsp3) is 0.588. The molecule has 0 aromatic heterocycles. The standard InChI is InChI=1S/C17H25FN2/c1-11(2)6-15(7-12(3)4)20-17-9-14(10-19)8-16(18)13(17)5/h8-9,11-12,15,20H,6-7H2,1-5H3. The van der Waals surface area contributed by atoms with Gasteiger partial charge in [0.1, 0.15) is 5.82 Å². The summed E-state index contributed by atoms with van der Waals surface area (Å²) in [6.07, 6.45) is 2.08. The molecule has 1 aromatic carbocycles. The average Bonchev–Trinajstić information content (AvgIpc) is 2.32. The predicted octanol–water partition coefficient (Wildman–Crippen LogP) is 4.88. The molecular formula is C17H25FN2. The van der Waals surface area contributed by atoms with Crippen LogP contribution in [0.5, 0.6) is 0 Å². The second-order valence-electron chi connectivity index (χ2n) is 6.34. The molecule has 0 unspecified atom stereocenters. The van der Waals surface area contributed by atoms with Gasteiger partial charge < -0.3 is 5.32 Å². The Morgan fingerprint density at radius 3 is 2.15 bits per heavy atom. The van der Waals surface area contributed by atoms with Gasteiger partial charge in [-0.15, -0.1) is 0 Å². The van der Waals surface area contributed by atoms with Crippen LogP contribution in [0.2, 0.25) is 0 Å². The van der Waals surface area contributed by atoms with Crippen LogP contribution >= 0.6 is 0 Å². The van der Waals surface area contributed by atoms with Crippen molar-refractivity contribution in [3.8, 4) is 6.07 Å². The lowest BCUT2D eigenvalue weighted by molar-refractivity contribution is 0.442. The van der Waals surface area contributed by atoms with Gasteiger partial charge in [-0.1, -0.05) is 27.7 Å². The summed E-state index contributed by atoms with van der Waals surface area (Å²) in [5.74, 6) is 0.838. The first-order valence-corrected chi connectivity index (χ1v) is 7.30. The van der Waals surface area contributed by atoms with E-state index in [0.717, 1.165) is 18.5 Å². The Morgan fingerprint density at radius 2 is 1.70 bits per heavy atom. The largest absolute Gasteiger partial charge is 0.382 e. The summed E-state index contributed by atoms with van der Waals surface area (Å²) in [6, 6.07) is 5.35. The first-order valence-electron chi connectivity index (χ1n) is 7.30. The zero-order valence-corrected chi connectivity index (χ0v) is 13.1. The number of halogens is 1. The average molecular weight is 276 g/mol. The van der Waals surface area contributed by atoms with Crippen LogP contribution < -0.4 is 5.32 Å². The Labute approximate surface area is 122 Å². The summed E-state index contributed by atoms with van der Waals surface area (Å²) in [4.78, 5) is 0. The molecule has 3 heteroatoms. The molecule has 20 heavy (non-hydrogen) atoms. The molecule has 0 radical (unpaired) electrons. The Bertz CT molecular complexity index is 476. The van der Waals surface area contributed by atoms with E-state index in [-0.39, 0.29) is 5.82 Å². The molecule has 0 atom stereocenters. The summed E-state index contributed by atoms with van der Waals surface area (Å²) in [5, 5.41) is 12.4. The van der Waals surface area contributed by atoms with E-state index < -0.39 is 0 Å². The van der Waals surface area contributed by atoms with E-state index >= 15 is 0 Å². The lowest BCUT2D eigenvalue weighted by atomic mass is 9.95. The number of benzene rings is 1. The minimum atomic E-state index is -0.320. The quantitative estimate of drug-likeness (QED) is 0.804. The van der Waals surface area contributed by atoms with Crippen LogP contribution in [0.1, 0.15) is 51.7 Å². The molecule has 0 saturated carbocycles. The Hall–Kier alpha value is -1.56. The second kappa shape index (κ2) is 7.28. The Morgan fingerprint density at radius 1 is 1.15 bits per heavy atom. The van der Waals surface area contributed by atoms with E-state index in [9.17, 15) is 4.39 Å². The second-order valence-corrected chi connectivity index (χ2v) is 6.34. The first kappa shape index (κ1) is 16.5. The van der Waals surface area contributed by atoms with Gasteiger partial charge >= 0.3 is 0 Å². The summed E-state index contributed by atoms with van der Waals surface area (Å²) < 4.78 is 13.8. The normalized spacial score (nSPS) is 11.2. The number of nitrogens with one attached hydrogen (secondary N) is 1. The number of hydrogen-bond donors (Lipinski definition) is 1. The number of nitriles is 1. The van der Waals surface area contributed by atoms with Crippen LogP contribution in [0.15, 0.2) is 12.1 Å². The molecular weight excluding hydrogens is 251 g/mol. The summed E-state index contributed by atoms with van der Waals surface area (Å²) in [5.41, 5.74) is 1.69. The van der Waals surface area contributed by atoms with Crippen molar-refractivity contribution in [2.24, 2.45) is 11.8 Å². The monoisotopic (exact) mass is 276 g/mol. The number of anilines is 1. The maximum absolute atomic E-state index is 13.8. The van der Waals surface area contributed by atoms with Gasteiger partial charge in [-0.25, -0.2) is 4.39 Å². The van der Waals surface area contributed by atoms with E-state index in [4.69, 9.17) is 5.26 Å². The van der Waals surface area contributed by atoms with E-state index in [1.807, 2.05) is 6.07 Å². The van der Waals surface area contributed by atoms with Crippen molar-refractivity contribution < 1.29 is 4.39 Å². The van der Waals surface area contributed by atoms with E-state index in [2.05, 4.69) is 33.0 Å². The molecule has 0 heterocycles. The zero-order chi connectivity index (χ0) is 15.3. The third-order valence-corrected chi connectivity index (χ3v) is 3.34. The number of nitrogens with zero attached hydrogens (tertiary/aromatic N) is 1. The van der Waals surface area contributed by atoms with Gasteiger partial charge in [-0.2, -0.15) is 5.26 Å². The molecule has 2 nitrogen and oxygen atoms in total. The molecule has 1 N–H and O–H groups in total. The molecule has 0 amide bonds. The first-order chi connectivity index (χ1) is 9.33. The minimum absolute atomic E-state index is 0.307. The summed E-state index contributed by atoms with van der Waals surface area (Å²) >= 11 is 0. The third kappa shape index (κ3) is 4.85. The Balaban J connectivity index is 2.98. The van der Waals surface area contributed by atoms with E-state index in [0.29, 0.717) is 29.0 Å². The van der Waals surface area contributed by atoms with Gasteiger partial charge in [0.15, 0.2) is 0 Å². The van der Waals surface area contributed by atoms with Crippen molar-refractivity contribution in [2.75, 3.05) is 5.32 Å². The van der Waals surface area contributed by atoms with Crippen molar-refractivity contribution in [1.29, 1.82) is 5.26 Å². The van der Waals surface area contributed by atoms with Gasteiger partial charge in [0.2, 0.25) is 0 Å². The van der Waals surface area contributed by atoms with E-state index in [1.54, 1.807) is 13.0 Å². The SMILES string of the molecule is Cc1c(F)cc(C#N)cc1NC(CC(C)C)CC(C)C. The summed E-state index contributed by atoms with van der Waals surface area (Å²) in [6.45, 7) is 10.5. The van der Waals surface area contributed by atoms with Crippen LogP contribution in [0, 0.1) is 35.9 Å². The molecule has 0 aliphatic heterocycles. The van der Waals surface area contributed by atoms with Gasteiger partial charge in [0, 0.05) is 17.3 Å². The molecule has 0 aliphatic carbocycles. The lowest BCUT2D eigenvalue weighted by Crippen LogP contribution is -2.24. The van der Waals surface area contributed by atoms with E-state index in [1.165, 1.54) is 6.07 Å². The van der Waals surface area contributed by atoms with Crippen molar-refractivity contribution in [2.45, 2.75) is 53.5 Å². The number of rotatable bonds is 6. The highest BCUT2D eigenvalue weighted by molar-refractivity contribution is 5.56. The maximum Gasteiger partial charge on any atom is 0.129 e. The molecule has 0 spiro atoms. The number of hydrogen-bond acceptors (Lipinski definition) is 2. The fourth-order valence-electron chi connectivity index (χ4n) is 2.47. The van der Waals surface area contributed by atoms with Gasteiger partial charge in [0.05, 0.1) is 11.6 Å². The minimum Gasteiger partial charge on any atom is -0.382 e. The highest BCUT2D eigenvalue weighted by Crippen LogP contribution is 2.24. The predicted molar refractivity (Wildman–Crippen MR) is 82.2 cm³/mol. The van der Waals surface area contributed by atoms with Crippen molar-refractivity contribution in [1.82, 2.24) is 0 Å². The fourth-order valence-corrected chi connectivity index (χ4v) is 2.47. The van der Waals surface area contributed by atoms with Crippen LogP contribution in [0.25, 0.3) is 0 Å². The van der Waals surface area contributed by atoms with Gasteiger partial charge in [0.25, 0.3) is 0 Å². The molecule has 1 rings (SSSR count). The van der Waals surface area contributed by atoms with Crippen LogP contribution in [0.3, 0.4) is 0 Å². The maximum atomic E-state index is 13.8. The van der Waals surface area contributed by atoms with Crippen LogP contribution in [-0.4, -0.2) is 6.04 Å². The van der Waals surface area contributed by atoms with Crippen molar-refractivity contribution in [3.05, 3.63) is 29.1 Å². The van der Waals surface area contributed by atoms with Crippen LogP contribution in [0.4, 0.5) is 10.1 Å². The van der Waals surface area contributed by atoms with Gasteiger partial charge in [-0.05, 0) is 43.7 Å². The molecule has 0 aliphatic rings. The van der Waals surface area contributed by atoms with Crippen molar-refractivity contribution >= 4 is 5.69 Å². The highest BCUT2D eigenvalue weighted by Gasteiger charge is 2.15. The molecule has 0 saturated heterocycles. The Kier molecular flexibility index (Phi) is 6.01. The van der Waals surface area contributed by atoms with Crippen LogP contribution in [-0.2, 0) is 0 Å². The topological polar surface area (TPSA) is 35.8 Å². The van der Waals surface area contributed by atoms with Crippen molar-refractivity contribution in [3.63, 3.8) is 0 Å². The smallest absolute Gasteiger partial charge is 0.129 e. The summed E-state index contributed by atoms with van der Waals surface area (Å²) in [7, 11) is 0. The highest BCUT2D eigenvalue weighted by atomic mass is 19.1. The molecule has 110 valence electrons.